The normalized spacial score (nSPS) is 11.3. The third-order valence-electron chi connectivity index (χ3n) is 2.04. The van der Waals surface area contributed by atoms with Gasteiger partial charge in [0.2, 0.25) is 0 Å². The predicted molar refractivity (Wildman–Crippen MR) is 77.0 cm³/mol. The van der Waals surface area contributed by atoms with Gasteiger partial charge in [0.15, 0.2) is 5.82 Å². The van der Waals surface area contributed by atoms with E-state index in [-0.39, 0.29) is 20.8 Å². The van der Waals surface area contributed by atoms with Gasteiger partial charge in [0.25, 0.3) is 10.0 Å². The Hall–Kier alpha value is -0.890. The number of hydrogen-bond donors (Lipinski definition) is 1. The lowest BCUT2D eigenvalue weighted by atomic mass is 10.4. The van der Waals surface area contributed by atoms with Crippen LogP contribution < -0.4 is 4.72 Å². The van der Waals surface area contributed by atoms with Crippen LogP contribution in [0.2, 0.25) is 10.0 Å². The van der Waals surface area contributed by atoms with Crippen LogP contribution in [0, 0.1) is 0 Å². The molecule has 0 aliphatic rings. The van der Waals surface area contributed by atoms with Gasteiger partial charge in [0.05, 0.1) is 17.4 Å². The molecule has 0 fully saturated rings. The summed E-state index contributed by atoms with van der Waals surface area (Å²) in [6.07, 6.45) is 2.65. The summed E-state index contributed by atoms with van der Waals surface area (Å²) in [5.74, 6) is 0.0826. The molecular formula is C10H6BrCl2N3O2S. The van der Waals surface area contributed by atoms with Crippen LogP contribution in [0.15, 0.2) is 40.1 Å². The summed E-state index contributed by atoms with van der Waals surface area (Å²) in [6.45, 7) is 0. The molecule has 0 amide bonds. The van der Waals surface area contributed by atoms with E-state index in [9.17, 15) is 8.42 Å². The fraction of sp³-hybridized carbons (Fsp3) is 0. The third kappa shape index (κ3) is 3.56. The first kappa shape index (κ1) is 14.5. The number of aromatic nitrogens is 2. The molecule has 0 bridgehead atoms. The van der Waals surface area contributed by atoms with Gasteiger partial charge in [-0.25, -0.2) is 18.4 Å². The molecule has 1 heterocycles. The molecule has 2 rings (SSSR count). The number of halogens is 3. The maximum absolute atomic E-state index is 12.1. The Kier molecular flexibility index (Phi) is 4.29. The average molecular weight is 383 g/mol. The molecule has 0 saturated carbocycles. The predicted octanol–water partition coefficient (Wildman–Crippen LogP) is 3.35. The third-order valence-corrected chi connectivity index (χ3v) is 4.52. The van der Waals surface area contributed by atoms with Crippen LogP contribution >= 0.6 is 39.1 Å². The summed E-state index contributed by atoms with van der Waals surface area (Å²) in [4.78, 5) is 7.61. The highest BCUT2D eigenvalue weighted by atomic mass is 79.9. The van der Waals surface area contributed by atoms with Crippen LogP contribution in [0.4, 0.5) is 5.82 Å². The van der Waals surface area contributed by atoms with E-state index in [1.54, 1.807) is 0 Å². The zero-order valence-corrected chi connectivity index (χ0v) is 13.1. The molecule has 0 aliphatic heterocycles. The second-order valence-electron chi connectivity index (χ2n) is 3.40. The van der Waals surface area contributed by atoms with Gasteiger partial charge in [-0.05, 0) is 34.1 Å². The Morgan fingerprint density at radius 1 is 1.16 bits per heavy atom. The highest BCUT2D eigenvalue weighted by Gasteiger charge is 2.19. The van der Waals surface area contributed by atoms with Crippen molar-refractivity contribution in [1.82, 2.24) is 9.97 Å². The van der Waals surface area contributed by atoms with Crippen molar-refractivity contribution in [3.8, 4) is 0 Å². The van der Waals surface area contributed by atoms with Gasteiger partial charge >= 0.3 is 0 Å². The molecule has 19 heavy (non-hydrogen) atoms. The molecular weight excluding hydrogens is 377 g/mol. The van der Waals surface area contributed by atoms with Crippen molar-refractivity contribution in [2.75, 3.05) is 4.72 Å². The van der Waals surface area contributed by atoms with Crippen LogP contribution in [0.3, 0.4) is 0 Å². The fourth-order valence-corrected chi connectivity index (χ4v) is 3.20. The highest BCUT2D eigenvalue weighted by molar-refractivity contribution is 9.10. The van der Waals surface area contributed by atoms with Crippen molar-refractivity contribution in [3.63, 3.8) is 0 Å². The molecule has 0 unspecified atom stereocenters. The fourth-order valence-electron chi connectivity index (χ4n) is 1.24. The van der Waals surface area contributed by atoms with Crippen molar-refractivity contribution in [2.24, 2.45) is 0 Å². The molecule has 0 spiro atoms. The second kappa shape index (κ2) is 5.62. The number of benzene rings is 1. The Labute approximate surface area is 128 Å². The van der Waals surface area contributed by atoms with Crippen LogP contribution in [-0.4, -0.2) is 18.4 Å². The van der Waals surface area contributed by atoms with E-state index in [1.165, 1.54) is 30.6 Å². The molecule has 0 radical (unpaired) electrons. The maximum atomic E-state index is 12.1. The van der Waals surface area contributed by atoms with Gasteiger partial charge < -0.3 is 0 Å². The highest BCUT2D eigenvalue weighted by Crippen LogP contribution is 2.26. The minimum absolute atomic E-state index is 0.0713. The van der Waals surface area contributed by atoms with E-state index in [0.717, 1.165) is 0 Å². The van der Waals surface area contributed by atoms with Crippen LogP contribution in [0.5, 0.6) is 0 Å². The average Bonchev–Trinajstić information content (AvgIpc) is 2.35. The smallest absolute Gasteiger partial charge is 0.262 e. The zero-order chi connectivity index (χ0) is 14.0. The van der Waals surface area contributed by atoms with Gasteiger partial charge in [-0.2, -0.15) is 0 Å². The second-order valence-corrected chi connectivity index (χ2v) is 6.71. The van der Waals surface area contributed by atoms with Gasteiger partial charge in [-0.3, -0.25) is 4.72 Å². The van der Waals surface area contributed by atoms with Gasteiger partial charge in [0.1, 0.15) is 9.50 Å². The molecule has 0 aliphatic carbocycles. The molecule has 1 aromatic carbocycles. The Balaban J connectivity index is 2.37. The molecule has 5 nitrogen and oxygen atoms in total. The van der Waals surface area contributed by atoms with Crippen LogP contribution in [0.25, 0.3) is 0 Å². The first-order valence-electron chi connectivity index (χ1n) is 4.84. The summed E-state index contributed by atoms with van der Waals surface area (Å²) in [5, 5.41) is 0.341. The number of nitrogens with one attached hydrogen (secondary N) is 1. The van der Waals surface area contributed by atoms with Crippen molar-refractivity contribution >= 4 is 55.0 Å². The van der Waals surface area contributed by atoms with Crippen molar-refractivity contribution in [3.05, 3.63) is 45.2 Å². The summed E-state index contributed by atoms with van der Waals surface area (Å²) in [5.41, 5.74) is 0. The standard InChI is InChI=1S/C10H6BrCl2N3O2S/c11-9-4-15-10(5-14-9)16-19(17,18)8-3-6(12)1-2-7(8)13/h1-5H,(H,15,16). The number of anilines is 1. The summed E-state index contributed by atoms with van der Waals surface area (Å²) < 4.78 is 27.0. The monoisotopic (exact) mass is 381 g/mol. The lowest BCUT2D eigenvalue weighted by molar-refractivity contribution is 0.601. The minimum atomic E-state index is -3.86. The van der Waals surface area contributed by atoms with Crippen molar-refractivity contribution < 1.29 is 8.42 Å². The lowest BCUT2D eigenvalue weighted by Gasteiger charge is -2.08. The molecule has 1 aromatic heterocycles. The summed E-state index contributed by atoms with van der Waals surface area (Å²) in [7, 11) is -3.86. The molecule has 0 saturated heterocycles. The topological polar surface area (TPSA) is 72.0 Å². The summed E-state index contributed by atoms with van der Waals surface area (Å²) >= 11 is 14.7. The Morgan fingerprint density at radius 2 is 1.89 bits per heavy atom. The maximum Gasteiger partial charge on any atom is 0.264 e. The van der Waals surface area contributed by atoms with E-state index in [4.69, 9.17) is 23.2 Å². The SMILES string of the molecule is O=S(=O)(Nc1cnc(Br)cn1)c1cc(Cl)ccc1Cl. The quantitative estimate of drug-likeness (QED) is 0.883. The van der Waals surface area contributed by atoms with Gasteiger partial charge in [0, 0.05) is 5.02 Å². The lowest BCUT2D eigenvalue weighted by Crippen LogP contribution is -2.14. The molecule has 1 N–H and O–H groups in total. The number of nitrogens with zero attached hydrogens (tertiary/aromatic N) is 2. The molecule has 2 aromatic rings. The number of hydrogen-bond acceptors (Lipinski definition) is 4. The van der Waals surface area contributed by atoms with E-state index in [1.807, 2.05) is 0 Å². The molecule has 0 atom stereocenters. The summed E-state index contributed by atoms with van der Waals surface area (Å²) in [6, 6.07) is 4.17. The zero-order valence-electron chi connectivity index (χ0n) is 9.14. The van der Waals surface area contributed by atoms with Gasteiger partial charge in [-0.15, -0.1) is 0 Å². The van der Waals surface area contributed by atoms with E-state index < -0.39 is 10.0 Å². The Bertz CT molecular complexity index is 707. The number of rotatable bonds is 3. The van der Waals surface area contributed by atoms with E-state index in [2.05, 4.69) is 30.6 Å². The number of sulfonamides is 1. The van der Waals surface area contributed by atoms with E-state index >= 15 is 0 Å². The minimum Gasteiger partial charge on any atom is -0.262 e. The van der Waals surface area contributed by atoms with Crippen LogP contribution in [-0.2, 0) is 10.0 Å². The molecule has 100 valence electrons. The van der Waals surface area contributed by atoms with E-state index in [0.29, 0.717) is 4.60 Å². The van der Waals surface area contributed by atoms with Crippen molar-refractivity contribution in [2.45, 2.75) is 4.90 Å². The molecule has 9 heteroatoms. The first-order chi connectivity index (χ1) is 8.88. The largest absolute Gasteiger partial charge is 0.264 e. The Morgan fingerprint density at radius 3 is 2.53 bits per heavy atom. The first-order valence-corrected chi connectivity index (χ1v) is 7.87. The van der Waals surface area contributed by atoms with Crippen molar-refractivity contribution in [1.29, 1.82) is 0 Å². The van der Waals surface area contributed by atoms with Crippen LogP contribution in [0.1, 0.15) is 0 Å². The van der Waals surface area contributed by atoms with Gasteiger partial charge in [-0.1, -0.05) is 23.2 Å².